The summed E-state index contributed by atoms with van der Waals surface area (Å²) in [6.07, 6.45) is 0. The first-order valence-corrected chi connectivity index (χ1v) is 8.71. The zero-order chi connectivity index (χ0) is 16.3. The SMILES string of the molecule is CC(C)C(NS(=O)(=O)c1nc(-c2ccccc2)ns1)C(=O)O. The van der Waals surface area contributed by atoms with Crippen LogP contribution in [0.3, 0.4) is 0 Å². The Labute approximate surface area is 132 Å². The lowest BCUT2D eigenvalue weighted by atomic mass is 10.1. The molecule has 0 saturated carbocycles. The van der Waals surface area contributed by atoms with E-state index in [1.54, 1.807) is 38.1 Å². The van der Waals surface area contributed by atoms with Crippen molar-refractivity contribution in [1.82, 2.24) is 14.1 Å². The van der Waals surface area contributed by atoms with Gasteiger partial charge in [0.05, 0.1) is 0 Å². The Balaban J connectivity index is 2.28. The molecule has 22 heavy (non-hydrogen) atoms. The van der Waals surface area contributed by atoms with Gasteiger partial charge in [-0.25, -0.2) is 13.4 Å². The number of aliphatic carboxylic acids is 1. The van der Waals surface area contributed by atoms with E-state index in [0.29, 0.717) is 22.9 Å². The van der Waals surface area contributed by atoms with Crippen LogP contribution >= 0.6 is 11.5 Å². The monoisotopic (exact) mass is 341 g/mol. The topological polar surface area (TPSA) is 109 Å². The maximum absolute atomic E-state index is 12.2. The summed E-state index contributed by atoms with van der Waals surface area (Å²) >= 11 is 0.712. The number of rotatable bonds is 6. The number of hydrogen-bond acceptors (Lipinski definition) is 6. The minimum atomic E-state index is -4.02. The molecule has 1 unspecified atom stereocenters. The molecule has 0 spiro atoms. The molecule has 2 rings (SSSR count). The Morgan fingerprint density at radius 2 is 1.91 bits per heavy atom. The van der Waals surface area contributed by atoms with E-state index >= 15 is 0 Å². The van der Waals surface area contributed by atoms with E-state index in [1.807, 2.05) is 6.07 Å². The maximum Gasteiger partial charge on any atom is 0.322 e. The van der Waals surface area contributed by atoms with Gasteiger partial charge in [0.25, 0.3) is 10.0 Å². The van der Waals surface area contributed by atoms with Gasteiger partial charge in [0.1, 0.15) is 6.04 Å². The molecule has 1 aromatic heterocycles. The molecule has 0 aliphatic rings. The molecule has 0 aliphatic carbocycles. The van der Waals surface area contributed by atoms with Gasteiger partial charge in [-0.15, -0.1) is 0 Å². The third-order valence-corrected chi connectivity index (χ3v) is 5.39. The van der Waals surface area contributed by atoms with Gasteiger partial charge in [0.15, 0.2) is 5.82 Å². The third kappa shape index (κ3) is 3.67. The average Bonchev–Trinajstić information content (AvgIpc) is 2.96. The minimum Gasteiger partial charge on any atom is -0.480 e. The number of carboxylic acids is 1. The largest absolute Gasteiger partial charge is 0.480 e. The van der Waals surface area contributed by atoms with Crippen LogP contribution < -0.4 is 4.72 Å². The Hall–Kier alpha value is -1.84. The van der Waals surface area contributed by atoms with Crippen molar-refractivity contribution in [2.75, 3.05) is 0 Å². The first-order chi connectivity index (χ1) is 10.3. The molecular formula is C13H15N3O4S2. The van der Waals surface area contributed by atoms with Crippen LogP contribution in [0.4, 0.5) is 0 Å². The maximum atomic E-state index is 12.2. The highest BCUT2D eigenvalue weighted by Gasteiger charge is 2.30. The van der Waals surface area contributed by atoms with E-state index in [9.17, 15) is 13.2 Å². The Morgan fingerprint density at radius 1 is 1.27 bits per heavy atom. The first kappa shape index (κ1) is 16.5. The van der Waals surface area contributed by atoms with Crippen LogP contribution in [-0.2, 0) is 14.8 Å². The van der Waals surface area contributed by atoms with Crippen molar-refractivity contribution in [3.8, 4) is 11.4 Å². The highest BCUT2D eigenvalue weighted by Crippen LogP contribution is 2.21. The van der Waals surface area contributed by atoms with Gasteiger partial charge < -0.3 is 5.11 Å². The molecule has 0 fully saturated rings. The molecular weight excluding hydrogens is 326 g/mol. The second-order valence-corrected chi connectivity index (χ2v) is 7.57. The lowest BCUT2D eigenvalue weighted by Gasteiger charge is -2.16. The average molecular weight is 341 g/mol. The number of nitrogens with one attached hydrogen (secondary N) is 1. The van der Waals surface area contributed by atoms with E-state index in [1.165, 1.54) is 0 Å². The number of nitrogens with zero attached hydrogens (tertiary/aromatic N) is 2. The van der Waals surface area contributed by atoms with Crippen LogP contribution in [0.1, 0.15) is 13.8 Å². The molecule has 0 saturated heterocycles. The Morgan fingerprint density at radius 3 is 2.45 bits per heavy atom. The predicted molar refractivity (Wildman–Crippen MR) is 81.9 cm³/mol. The van der Waals surface area contributed by atoms with Crippen molar-refractivity contribution in [2.45, 2.75) is 24.2 Å². The second kappa shape index (κ2) is 6.51. The van der Waals surface area contributed by atoms with E-state index in [0.717, 1.165) is 0 Å². The Bertz CT molecular complexity index is 757. The molecule has 2 N–H and O–H groups in total. The molecule has 0 aliphatic heterocycles. The van der Waals surface area contributed by atoms with Crippen molar-refractivity contribution in [3.05, 3.63) is 30.3 Å². The Kier molecular flexibility index (Phi) is 4.89. The summed E-state index contributed by atoms with van der Waals surface area (Å²) in [5.74, 6) is -1.33. The van der Waals surface area contributed by atoms with Crippen LogP contribution in [0.2, 0.25) is 0 Å². The molecule has 1 heterocycles. The highest BCUT2D eigenvalue weighted by atomic mass is 32.2. The minimum absolute atomic E-state index is 0.252. The van der Waals surface area contributed by atoms with Crippen molar-refractivity contribution in [1.29, 1.82) is 0 Å². The molecule has 0 amide bonds. The van der Waals surface area contributed by atoms with Crippen molar-refractivity contribution in [3.63, 3.8) is 0 Å². The molecule has 2 aromatic rings. The highest BCUT2D eigenvalue weighted by molar-refractivity contribution is 7.91. The van der Waals surface area contributed by atoms with E-state index in [4.69, 9.17) is 5.11 Å². The van der Waals surface area contributed by atoms with Crippen LogP contribution in [0, 0.1) is 5.92 Å². The second-order valence-electron chi connectivity index (χ2n) is 4.93. The fraction of sp³-hybridized carbons (Fsp3) is 0.308. The zero-order valence-corrected chi connectivity index (χ0v) is 13.6. The van der Waals surface area contributed by atoms with Gasteiger partial charge in [-0.05, 0) is 17.5 Å². The van der Waals surface area contributed by atoms with E-state index < -0.39 is 28.0 Å². The lowest BCUT2D eigenvalue weighted by molar-refractivity contribution is -0.140. The molecule has 9 heteroatoms. The number of benzene rings is 1. The van der Waals surface area contributed by atoms with Crippen LogP contribution in [0.15, 0.2) is 34.7 Å². The summed E-state index contributed by atoms with van der Waals surface area (Å²) in [7, 11) is -4.02. The summed E-state index contributed by atoms with van der Waals surface area (Å²) in [5.41, 5.74) is 0.693. The summed E-state index contributed by atoms with van der Waals surface area (Å²) < 4.78 is 30.4. The van der Waals surface area contributed by atoms with Gasteiger partial charge in [0, 0.05) is 5.56 Å². The van der Waals surface area contributed by atoms with Gasteiger partial charge >= 0.3 is 5.97 Å². The van der Waals surface area contributed by atoms with Gasteiger partial charge in [-0.3, -0.25) is 4.79 Å². The fourth-order valence-electron chi connectivity index (χ4n) is 1.71. The summed E-state index contributed by atoms with van der Waals surface area (Å²) in [4.78, 5) is 15.1. The number of carbonyl (C=O) groups is 1. The summed E-state index contributed by atoms with van der Waals surface area (Å²) in [6, 6.07) is 7.73. The summed E-state index contributed by atoms with van der Waals surface area (Å²) in [5, 5.41) is 9.08. The normalized spacial score (nSPS) is 13.2. The van der Waals surface area contributed by atoms with Gasteiger partial charge in [0.2, 0.25) is 4.34 Å². The van der Waals surface area contributed by atoms with Crippen molar-refractivity contribution >= 4 is 27.5 Å². The standard InChI is InChI=1S/C13H15N3O4S2/c1-8(2)10(12(17)18)16-22(19,20)13-14-11(15-21-13)9-6-4-3-5-7-9/h3-8,10,16H,1-2H3,(H,17,18). The zero-order valence-electron chi connectivity index (χ0n) is 11.9. The molecule has 118 valence electrons. The van der Waals surface area contributed by atoms with Crippen LogP contribution in [0.25, 0.3) is 11.4 Å². The van der Waals surface area contributed by atoms with Crippen LogP contribution in [0.5, 0.6) is 0 Å². The van der Waals surface area contributed by atoms with Crippen molar-refractivity contribution < 1.29 is 18.3 Å². The number of aromatic nitrogens is 2. The van der Waals surface area contributed by atoms with Crippen LogP contribution in [-0.4, -0.2) is 34.9 Å². The van der Waals surface area contributed by atoms with Crippen molar-refractivity contribution in [2.24, 2.45) is 5.92 Å². The van der Waals surface area contributed by atoms with Gasteiger partial charge in [-0.1, -0.05) is 44.2 Å². The molecule has 7 nitrogen and oxygen atoms in total. The molecule has 1 atom stereocenters. The number of sulfonamides is 1. The van der Waals surface area contributed by atoms with E-state index in [2.05, 4.69) is 14.1 Å². The fourth-order valence-corrected chi connectivity index (χ4v) is 3.81. The molecule has 1 aromatic carbocycles. The van der Waals surface area contributed by atoms with Gasteiger partial charge in [-0.2, -0.15) is 9.10 Å². The van der Waals surface area contributed by atoms with E-state index in [-0.39, 0.29) is 4.34 Å². The number of hydrogen-bond donors (Lipinski definition) is 2. The number of carboxylic acid groups (broad SMARTS) is 1. The smallest absolute Gasteiger partial charge is 0.322 e. The molecule has 0 bridgehead atoms. The predicted octanol–water partition coefficient (Wildman–Crippen LogP) is 1.59. The first-order valence-electron chi connectivity index (χ1n) is 6.45. The third-order valence-electron chi connectivity index (χ3n) is 2.88. The molecule has 0 radical (unpaired) electrons. The lowest BCUT2D eigenvalue weighted by Crippen LogP contribution is -2.44. The summed E-state index contributed by atoms with van der Waals surface area (Å²) in [6.45, 7) is 3.24. The quantitative estimate of drug-likeness (QED) is 0.826.